The lowest BCUT2D eigenvalue weighted by molar-refractivity contribution is 0.286. The van der Waals surface area contributed by atoms with E-state index in [2.05, 4.69) is 71.8 Å². The molecule has 2 aromatic carbocycles. The van der Waals surface area contributed by atoms with Gasteiger partial charge in [-0.2, -0.15) is 0 Å². The van der Waals surface area contributed by atoms with Crippen LogP contribution in [0.25, 0.3) is 22.0 Å². The number of rotatable bonds is 4. The van der Waals surface area contributed by atoms with E-state index in [4.69, 9.17) is 4.98 Å². The fraction of sp³-hybridized carbons (Fsp3) is 0.333. The maximum absolute atomic E-state index is 4.98. The topological polar surface area (TPSA) is 41.1 Å². The number of nitrogens with zero attached hydrogens (tertiary/aromatic N) is 3. The second-order valence-electron chi connectivity index (χ2n) is 7.27. The average Bonchev–Trinajstić information content (AvgIpc) is 3.10. The summed E-state index contributed by atoms with van der Waals surface area (Å²) in [7, 11) is 4.24. The zero-order valence-corrected chi connectivity index (χ0v) is 14.9. The van der Waals surface area contributed by atoms with Gasteiger partial charge in [0.15, 0.2) is 0 Å². The van der Waals surface area contributed by atoms with Crippen LogP contribution < -0.4 is 5.32 Å². The highest BCUT2D eigenvalue weighted by molar-refractivity contribution is 5.86. The molecule has 2 heterocycles. The summed E-state index contributed by atoms with van der Waals surface area (Å²) in [4.78, 5) is 11.9. The minimum absolute atomic E-state index is 0.00361. The number of benzene rings is 2. The highest BCUT2D eigenvalue weighted by Gasteiger charge is 2.39. The Kier molecular flexibility index (Phi) is 4.24. The second kappa shape index (κ2) is 6.54. The minimum Gasteiger partial charge on any atom is -0.316 e. The third-order valence-electron chi connectivity index (χ3n) is 5.04. The maximum atomic E-state index is 4.98. The van der Waals surface area contributed by atoms with Crippen LogP contribution in [-0.2, 0) is 5.41 Å². The Morgan fingerprint density at radius 2 is 1.92 bits per heavy atom. The van der Waals surface area contributed by atoms with Gasteiger partial charge in [-0.05, 0) is 50.0 Å². The van der Waals surface area contributed by atoms with Crippen molar-refractivity contribution in [2.24, 2.45) is 0 Å². The molecule has 4 rings (SSSR count). The van der Waals surface area contributed by atoms with Gasteiger partial charge in [0.05, 0.1) is 11.1 Å². The van der Waals surface area contributed by atoms with Gasteiger partial charge in [0.1, 0.15) is 5.82 Å². The Balaban J connectivity index is 1.75. The summed E-state index contributed by atoms with van der Waals surface area (Å²) < 4.78 is 0. The van der Waals surface area contributed by atoms with Crippen molar-refractivity contribution < 1.29 is 0 Å². The standard InChI is InChI=1S/C21H24N4/c1-25(2)15-21(10-12-22-14-21)20-23-11-9-19(24-20)18-8-7-16-5-3-4-6-17(16)13-18/h3-9,11,13,22H,10,12,14-15H2,1-2H3/t21-/m0/s1. The number of hydrogen-bond acceptors (Lipinski definition) is 4. The van der Waals surface area contributed by atoms with E-state index in [-0.39, 0.29) is 5.41 Å². The van der Waals surface area contributed by atoms with Crippen LogP contribution in [-0.4, -0.2) is 48.6 Å². The van der Waals surface area contributed by atoms with E-state index in [0.29, 0.717) is 0 Å². The molecule has 0 saturated carbocycles. The van der Waals surface area contributed by atoms with Gasteiger partial charge < -0.3 is 10.2 Å². The van der Waals surface area contributed by atoms with Gasteiger partial charge in [0, 0.05) is 24.8 Å². The summed E-state index contributed by atoms with van der Waals surface area (Å²) >= 11 is 0. The minimum atomic E-state index is -0.00361. The molecule has 4 heteroatoms. The first-order valence-corrected chi connectivity index (χ1v) is 8.84. The van der Waals surface area contributed by atoms with Crippen LogP contribution in [0.3, 0.4) is 0 Å². The number of likely N-dealkylation sites (N-methyl/N-ethyl adjacent to an activating group) is 1. The summed E-state index contributed by atoms with van der Waals surface area (Å²) in [5.41, 5.74) is 2.14. The van der Waals surface area contributed by atoms with E-state index in [1.54, 1.807) is 0 Å². The van der Waals surface area contributed by atoms with Crippen LogP contribution in [0.2, 0.25) is 0 Å². The summed E-state index contributed by atoms with van der Waals surface area (Å²) in [6.45, 7) is 2.92. The molecule has 0 aliphatic carbocycles. The highest BCUT2D eigenvalue weighted by atomic mass is 15.1. The van der Waals surface area contributed by atoms with Crippen molar-refractivity contribution in [3.63, 3.8) is 0 Å². The number of hydrogen-bond donors (Lipinski definition) is 1. The van der Waals surface area contributed by atoms with Crippen LogP contribution in [0, 0.1) is 0 Å². The zero-order chi connectivity index (χ0) is 17.3. The van der Waals surface area contributed by atoms with Crippen molar-refractivity contribution in [2.75, 3.05) is 33.7 Å². The Hall–Kier alpha value is -2.30. The molecule has 3 aromatic rings. The molecule has 1 atom stereocenters. The monoisotopic (exact) mass is 332 g/mol. The SMILES string of the molecule is CN(C)C[C@]1(c2nccc(-c3ccc4ccccc4c3)n2)CCNC1. The van der Waals surface area contributed by atoms with Crippen molar-refractivity contribution in [1.29, 1.82) is 0 Å². The quantitative estimate of drug-likeness (QED) is 0.797. The van der Waals surface area contributed by atoms with Crippen LogP contribution in [0.5, 0.6) is 0 Å². The lowest BCUT2D eigenvalue weighted by Gasteiger charge is -2.30. The van der Waals surface area contributed by atoms with Crippen LogP contribution >= 0.6 is 0 Å². The van der Waals surface area contributed by atoms with Crippen molar-refractivity contribution in [2.45, 2.75) is 11.8 Å². The molecule has 0 spiro atoms. The highest BCUT2D eigenvalue weighted by Crippen LogP contribution is 2.30. The molecule has 1 aliphatic heterocycles. The molecule has 1 N–H and O–H groups in total. The van der Waals surface area contributed by atoms with E-state index < -0.39 is 0 Å². The first-order valence-electron chi connectivity index (χ1n) is 8.84. The molecular weight excluding hydrogens is 308 g/mol. The Morgan fingerprint density at radius 3 is 2.68 bits per heavy atom. The molecule has 1 aliphatic rings. The Morgan fingerprint density at radius 1 is 1.08 bits per heavy atom. The van der Waals surface area contributed by atoms with Gasteiger partial charge >= 0.3 is 0 Å². The molecule has 128 valence electrons. The van der Waals surface area contributed by atoms with Crippen molar-refractivity contribution in [3.05, 3.63) is 60.6 Å². The normalized spacial score (nSPS) is 20.4. The summed E-state index contributed by atoms with van der Waals surface area (Å²) in [6, 6.07) is 17.0. The van der Waals surface area contributed by atoms with Gasteiger partial charge in [-0.25, -0.2) is 9.97 Å². The van der Waals surface area contributed by atoms with Gasteiger partial charge in [-0.1, -0.05) is 36.4 Å². The zero-order valence-electron chi connectivity index (χ0n) is 14.9. The maximum Gasteiger partial charge on any atom is 0.137 e. The van der Waals surface area contributed by atoms with E-state index in [0.717, 1.165) is 43.1 Å². The molecule has 4 nitrogen and oxygen atoms in total. The first-order chi connectivity index (χ1) is 12.2. The van der Waals surface area contributed by atoms with Gasteiger partial charge in [-0.3, -0.25) is 0 Å². The van der Waals surface area contributed by atoms with Crippen LogP contribution in [0.4, 0.5) is 0 Å². The fourth-order valence-electron chi connectivity index (χ4n) is 3.87. The predicted molar refractivity (Wildman–Crippen MR) is 103 cm³/mol. The summed E-state index contributed by atoms with van der Waals surface area (Å²) in [6.07, 6.45) is 2.98. The fourth-order valence-corrected chi connectivity index (χ4v) is 3.87. The first kappa shape index (κ1) is 16.2. The molecule has 0 unspecified atom stereocenters. The summed E-state index contributed by atoms with van der Waals surface area (Å²) in [5.74, 6) is 0.955. The molecule has 1 fully saturated rings. The molecule has 0 radical (unpaired) electrons. The van der Waals surface area contributed by atoms with Crippen molar-refractivity contribution in [1.82, 2.24) is 20.2 Å². The van der Waals surface area contributed by atoms with E-state index in [1.165, 1.54) is 10.8 Å². The third-order valence-corrected chi connectivity index (χ3v) is 5.04. The molecule has 25 heavy (non-hydrogen) atoms. The second-order valence-corrected chi connectivity index (χ2v) is 7.27. The van der Waals surface area contributed by atoms with Gasteiger partial charge in [0.2, 0.25) is 0 Å². The molecule has 1 aromatic heterocycles. The lowest BCUT2D eigenvalue weighted by Crippen LogP contribution is -2.41. The number of fused-ring (bicyclic) bond motifs is 1. The number of aromatic nitrogens is 2. The Bertz CT molecular complexity index is 882. The predicted octanol–water partition coefficient (Wildman–Crippen LogP) is 3.09. The Labute approximate surface area is 148 Å². The average molecular weight is 332 g/mol. The number of nitrogens with one attached hydrogen (secondary N) is 1. The van der Waals surface area contributed by atoms with E-state index >= 15 is 0 Å². The molecule has 0 bridgehead atoms. The molecular formula is C21H24N4. The van der Waals surface area contributed by atoms with E-state index in [1.807, 2.05) is 12.3 Å². The van der Waals surface area contributed by atoms with Gasteiger partial charge in [0.25, 0.3) is 0 Å². The molecule has 1 saturated heterocycles. The van der Waals surface area contributed by atoms with Crippen LogP contribution in [0.1, 0.15) is 12.2 Å². The molecule has 0 amide bonds. The third kappa shape index (κ3) is 3.15. The van der Waals surface area contributed by atoms with Crippen LogP contribution in [0.15, 0.2) is 54.7 Å². The van der Waals surface area contributed by atoms with Crippen molar-refractivity contribution in [3.8, 4) is 11.3 Å². The van der Waals surface area contributed by atoms with Crippen molar-refractivity contribution >= 4 is 10.8 Å². The largest absolute Gasteiger partial charge is 0.316 e. The van der Waals surface area contributed by atoms with Gasteiger partial charge in [-0.15, -0.1) is 0 Å². The lowest BCUT2D eigenvalue weighted by atomic mass is 9.85. The smallest absolute Gasteiger partial charge is 0.137 e. The summed E-state index contributed by atoms with van der Waals surface area (Å²) in [5, 5.41) is 5.99. The van der Waals surface area contributed by atoms with E-state index in [9.17, 15) is 0 Å².